The standard InChI is InChI=1S/C28H33F3N8O2/c1-17(15-40)33-12-18-8-24(28(29,30)31)37-25(9-18)41-22-3-6-38(7-4-22)20-10-21(11-20)39-14-19(13-36-39)26-23-2-5-32-27(23)35-16-34-26/h2,5,8-9,13-14,16-17,20-22,33,40H,3-4,6-7,10-12,15H2,1H3,(H,32,34,35). The first-order valence-corrected chi connectivity index (χ1v) is 13.9. The number of nitrogens with zero attached hydrogens (tertiary/aromatic N) is 6. The SMILES string of the molecule is CC(CO)NCc1cc(OC2CCN(C3CC(n4cc(-c5ncnc6[nH]ccc56)cn4)C3)CC2)nc(C(F)(F)F)c1. The number of pyridine rings is 1. The van der Waals surface area contributed by atoms with E-state index in [-0.39, 0.29) is 31.2 Å². The van der Waals surface area contributed by atoms with Crippen LogP contribution in [0.1, 0.15) is 49.9 Å². The first kappa shape index (κ1) is 27.6. The van der Waals surface area contributed by atoms with Crippen molar-refractivity contribution in [2.45, 2.75) is 69.6 Å². The van der Waals surface area contributed by atoms with Crippen LogP contribution in [0.15, 0.2) is 43.1 Å². The number of alkyl halides is 3. The van der Waals surface area contributed by atoms with E-state index in [2.05, 4.69) is 35.3 Å². The monoisotopic (exact) mass is 570 g/mol. The van der Waals surface area contributed by atoms with E-state index >= 15 is 0 Å². The molecule has 2 fully saturated rings. The number of ether oxygens (including phenoxy) is 1. The number of aromatic amines is 1. The van der Waals surface area contributed by atoms with E-state index in [4.69, 9.17) is 4.74 Å². The van der Waals surface area contributed by atoms with Gasteiger partial charge in [0, 0.05) is 61.1 Å². The normalized spacial score (nSPS) is 21.2. The Hall–Kier alpha value is -3.55. The minimum absolute atomic E-state index is 0.00877. The summed E-state index contributed by atoms with van der Waals surface area (Å²) in [6.45, 7) is 3.47. The highest BCUT2D eigenvalue weighted by Crippen LogP contribution is 2.38. The molecule has 41 heavy (non-hydrogen) atoms. The van der Waals surface area contributed by atoms with Crippen molar-refractivity contribution in [2.75, 3.05) is 19.7 Å². The maximum atomic E-state index is 13.5. The van der Waals surface area contributed by atoms with Gasteiger partial charge < -0.3 is 20.1 Å². The fraction of sp³-hybridized carbons (Fsp3) is 0.500. The summed E-state index contributed by atoms with van der Waals surface area (Å²) in [4.78, 5) is 18.0. The summed E-state index contributed by atoms with van der Waals surface area (Å²) in [5.41, 5.74) is 2.06. The number of halogens is 3. The topological polar surface area (TPSA) is 117 Å². The van der Waals surface area contributed by atoms with Gasteiger partial charge in [-0.15, -0.1) is 0 Å². The first-order chi connectivity index (χ1) is 19.8. The van der Waals surface area contributed by atoms with Crippen molar-refractivity contribution < 1.29 is 23.0 Å². The predicted molar refractivity (Wildman–Crippen MR) is 145 cm³/mol. The van der Waals surface area contributed by atoms with Gasteiger partial charge in [0.05, 0.1) is 24.5 Å². The molecule has 1 atom stereocenters. The number of likely N-dealkylation sites (tertiary alicyclic amines) is 1. The number of piperidine rings is 1. The minimum Gasteiger partial charge on any atom is -0.474 e. The van der Waals surface area contributed by atoms with Crippen LogP contribution in [0.4, 0.5) is 13.2 Å². The van der Waals surface area contributed by atoms with Gasteiger partial charge in [-0.05, 0) is 50.3 Å². The zero-order chi connectivity index (χ0) is 28.6. The Balaban J connectivity index is 1.02. The van der Waals surface area contributed by atoms with E-state index in [0.717, 1.165) is 67.1 Å². The van der Waals surface area contributed by atoms with Crippen molar-refractivity contribution in [3.63, 3.8) is 0 Å². The Labute approximate surface area is 235 Å². The van der Waals surface area contributed by atoms with Crippen molar-refractivity contribution in [3.05, 3.63) is 54.4 Å². The van der Waals surface area contributed by atoms with Gasteiger partial charge in [-0.25, -0.2) is 15.0 Å². The maximum Gasteiger partial charge on any atom is 0.433 e. The minimum atomic E-state index is -4.57. The number of hydrogen-bond acceptors (Lipinski definition) is 8. The van der Waals surface area contributed by atoms with Crippen LogP contribution in [0, 0.1) is 0 Å². The molecule has 2 aliphatic rings. The van der Waals surface area contributed by atoms with Crippen LogP contribution in [0.5, 0.6) is 5.88 Å². The molecule has 0 bridgehead atoms. The smallest absolute Gasteiger partial charge is 0.433 e. The van der Waals surface area contributed by atoms with Crippen LogP contribution < -0.4 is 10.1 Å². The number of rotatable bonds is 9. The van der Waals surface area contributed by atoms with Gasteiger partial charge in [0.1, 0.15) is 23.8 Å². The predicted octanol–water partition coefficient (Wildman–Crippen LogP) is 3.95. The quantitative estimate of drug-likeness (QED) is 0.277. The summed E-state index contributed by atoms with van der Waals surface area (Å²) in [6.07, 6.45) is 5.97. The van der Waals surface area contributed by atoms with Crippen molar-refractivity contribution in [3.8, 4) is 17.1 Å². The second kappa shape index (κ2) is 11.4. The number of nitrogens with one attached hydrogen (secondary N) is 2. The molecule has 10 nitrogen and oxygen atoms in total. The van der Waals surface area contributed by atoms with Crippen molar-refractivity contribution >= 4 is 11.0 Å². The first-order valence-electron chi connectivity index (χ1n) is 13.9. The Morgan fingerprint density at radius 2 is 1.98 bits per heavy atom. The zero-order valence-electron chi connectivity index (χ0n) is 22.7. The van der Waals surface area contributed by atoms with Gasteiger partial charge in [-0.2, -0.15) is 18.3 Å². The van der Waals surface area contributed by atoms with E-state index in [1.54, 1.807) is 19.3 Å². The summed E-state index contributed by atoms with van der Waals surface area (Å²) in [6, 6.07) is 5.07. The highest BCUT2D eigenvalue weighted by atomic mass is 19.4. The molecule has 1 unspecified atom stereocenters. The number of aliphatic hydroxyl groups is 1. The van der Waals surface area contributed by atoms with Crippen molar-refractivity contribution in [1.82, 2.24) is 39.9 Å². The molecule has 0 radical (unpaired) electrons. The van der Waals surface area contributed by atoms with E-state index in [1.807, 2.05) is 29.3 Å². The molecule has 218 valence electrons. The fourth-order valence-corrected chi connectivity index (χ4v) is 5.59. The average molecular weight is 571 g/mol. The van der Waals surface area contributed by atoms with Gasteiger partial charge >= 0.3 is 6.18 Å². The molecule has 5 heterocycles. The van der Waals surface area contributed by atoms with Gasteiger partial charge in [-0.3, -0.25) is 9.58 Å². The highest BCUT2D eigenvalue weighted by molar-refractivity contribution is 5.89. The van der Waals surface area contributed by atoms with Crippen molar-refractivity contribution in [2.24, 2.45) is 0 Å². The van der Waals surface area contributed by atoms with Crippen LogP contribution in [0.2, 0.25) is 0 Å². The Morgan fingerprint density at radius 3 is 2.73 bits per heavy atom. The molecular formula is C28H33F3N8O2. The summed E-state index contributed by atoms with van der Waals surface area (Å²) in [7, 11) is 0. The second-order valence-electron chi connectivity index (χ2n) is 11.0. The lowest BCUT2D eigenvalue weighted by atomic mass is 9.84. The fourth-order valence-electron chi connectivity index (χ4n) is 5.59. The lowest BCUT2D eigenvalue weighted by Crippen LogP contribution is -2.50. The van der Waals surface area contributed by atoms with Crippen molar-refractivity contribution in [1.29, 1.82) is 0 Å². The average Bonchev–Trinajstić information content (AvgIpc) is 3.61. The van der Waals surface area contributed by atoms with E-state index in [0.29, 0.717) is 17.6 Å². The van der Waals surface area contributed by atoms with Crippen LogP contribution >= 0.6 is 0 Å². The molecule has 3 N–H and O–H groups in total. The van der Waals surface area contributed by atoms with Gasteiger partial charge in [0.25, 0.3) is 0 Å². The van der Waals surface area contributed by atoms with E-state index < -0.39 is 11.9 Å². The van der Waals surface area contributed by atoms with Crippen LogP contribution in [-0.4, -0.2) is 77.6 Å². The second-order valence-corrected chi connectivity index (χ2v) is 11.0. The van der Waals surface area contributed by atoms with Gasteiger partial charge in [0.15, 0.2) is 0 Å². The van der Waals surface area contributed by atoms with E-state index in [9.17, 15) is 18.3 Å². The molecule has 1 saturated carbocycles. The number of aromatic nitrogens is 6. The zero-order valence-corrected chi connectivity index (χ0v) is 22.7. The van der Waals surface area contributed by atoms with Gasteiger partial charge in [-0.1, -0.05) is 0 Å². The summed E-state index contributed by atoms with van der Waals surface area (Å²) in [5.74, 6) is -0.00877. The Morgan fingerprint density at radius 1 is 1.17 bits per heavy atom. The molecule has 13 heteroatoms. The number of H-pyrrole nitrogens is 1. The molecule has 0 spiro atoms. The highest BCUT2D eigenvalue weighted by Gasteiger charge is 2.38. The molecule has 1 saturated heterocycles. The maximum absolute atomic E-state index is 13.5. The van der Waals surface area contributed by atoms with E-state index in [1.165, 1.54) is 0 Å². The number of aliphatic hydroxyl groups excluding tert-OH is 1. The molecule has 4 aromatic rings. The molecular weight excluding hydrogens is 537 g/mol. The lowest BCUT2D eigenvalue weighted by molar-refractivity contribution is -0.141. The lowest BCUT2D eigenvalue weighted by Gasteiger charge is -2.45. The Kier molecular flexibility index (Phi) is 7.66. The van der Waals surface area contributed by atoms with Crippen LogP contribution in [0.25, 0.3) is 22.3 Å². The van der Waals surface area contributed by atoms with Gasteiger partial charge in [0.2, 0.25) is 5.88 Å². The van der Waals surface area contributed by atoms with Crippen LogP contribution in [0.3, 0.4) is 0 Å². The van der Waals surface area contributed by atoms with Crippen LogP contribution in [-0.2, 0) is 12.7 Å². The molecule has 4 aromatic heterocycles. The molecule has 6 rings (SSSR count). The summed E-state index contributed by atoms with van der Waals surface area (Å²) >= 11 is 0. The third kappa shape index (κ3) is 6.07. The number of hydrogen-bond donors (Lipinski definition) is 3. The molecule has 1 aliphatic carbocycles. The Bertz CT molecular complexity index is 1470. The molecule has 1 aliphatic heterocycles. The largest absolute Gasteiger partial charge is 0.474 e. The summed E-state index contributed by atoms with van der Waals surface area (Å²) < 4.78 is 48.4. The third-order valence-corrected chi connectivity index (χ3v) is 8.05. The molecule has 0 aromatic carbocycles. The summed E-state index contributed by atoms with van der Waals surface area (Å²) in [5, 5.41) is 17.8. The molecule has 0 amide bonds. The third-order valence-electron chi connectivity index (χ3n) is 8.05. The number of fused-ring (bicyclic) bond motifs is 1.